The van der Waals surface area contributed by atoms with Gasteiger partial charge in [-0.05, 0) is 45.6 Å². The van der Waals surface area contributed by atoms with Gasteiger partial charge in [0.2, 0.25) is 0 Å². The number of nitrogens with one attached hydrogen (secondary N) is 1. The van der Waals surface area contributed by atoms with E-state index >= 15 is 0 Å². The number of hydrogen-bond donors (Lipinski definition) is 1. The Morgan fingerprint density at radius 3 is 2.68 bits per heavy atom. The smallest absolute Gasteiger partial charge is 0.113 e. The molecule has 2 heterocycles. The van der Waals surface area contributed by atoms with Crippen LogP contribution in [0.15, 0.2) is 5.38 Å². The summed E-state index contributed by atoms with van der Waals surface area (Å²) in [6.45, 7) is 8.06. The maximum absolute atomic E-state index is 4.80. The molecule has 2 fully saturated rings. The number of piperidine rings is 1. The van der Waals surface area contributed by atoms with Gasteiger partial charge in [0.15, 0.2) is 0 Å². The van der Waals surface area contributed by atoms with Gasteiger partial charge in [0.1, 0.15) is 5.01 Å². The molecule has 0 unspecified atom stereocenters. The molecule has 0 spiro atoms. The number of aromatic nitrogens is 1. The van der Waals surface area contributed by atoms with Crippen LogP contribution in [0, 0.1) is 6.92 Å². The first kappa shape index (κ1) is 13.5. The second kappa shape index (κ2) is 5.51. The molecule has 1 aliphatic heterocycles. The molecular formula is C15H25N3S. The summed E-state index contributed by atoms with van der Waals surface area (Å²) in [7, 11) is 0. The monoisotopic (exact) mass is 279 g/mol. The predicted octanol–water partition coefficient (Wildman–Crippen LogP) is 2.90. The SMILES string of the molecule is CCCN1CCC(NC2CC2)(c2nc(C)cs2)CC1. The molecule has 0 amide bonds. The van der Waals surface area contributed by atoms with Crippen LogP contribution in [0.1, 0.15) is 49.7 Å². The average molecular weight is 279 g/mol. The van der Waals surface area contributed by atoms with Crippen molar-refractivity contribution in [3.05, 3.63) is 16.1 Å². The highest BCUT2D eigenvalue weighted by Crippen LogP contribution is 2.38. The highest BCUT2D eigenvalue weighted by atomic mass is 32.1. The third-order valence-electron chi connectivity index (χ3n) is 4.34. The van der Waals surface area contributed by atoms with Gasteiger partial charge >= 0.3 is 0 Å². The van der Waals surface area contributed by atoms with Gasteiger partial charge < -0.3 is 10.2 Å². The molecule has 1 aliphatic carbocycles. The predicted molar refractivity (Wildman–Crippen MR) is 80.7 cm³/mol. The molecular weight excluding hydrogens is 254 g/mol. The summed E-state index contributed by atoms with van der Waals surface area (Å²) >= 11 is 1.85. The maximum atomic E-state index is 4.80. The number of hydrogen-bond acceptors (Lipinski definition) is 4. The fourth-order valence-corrected chi connectivity index (χ4v) is 4.11. The molecule has 1 saturated carbocycles. The van der Waals surface area contributed by atoms with Crippen LogP contribution < -0.4 is 5.32 Å². The van der Waals surface area contributed by atoms with E-state index in [-0.39, 0.29) is 5.54 Å². The van der Waals surface area contributed by atoms with Crippen molar-refractivity contribution in [2.75, 3.05) is 19.6 Å². The van der Waals surface area contributed by atoms with Crippen LogP contribution >= 0.6 is 11.3 Å². The van der Waals surface area contributed by atoms with Gasteiger partial charge in [-0.25, -0.2) is 4.98 Å². The third kappa shape index (κ3) is 3.01. The molecule has 0 atom stereocenters. The summed E-state index contributed by atoms with van der Waals surface area (Å²) in [5.74, 6) is 0. The summed E-state index contributed by atoms with van der Waals surface area (Å²) < 4.78 is 0. The van der Waals surface area contributed by atoms with Gasteiger partial charge in [-0.15, -0.1) is 11.3 Å². The van der Waals surface area contributed by atoms with E-state index in [1.54, 1.807) is 0 Å². The van der Waals surface area contributed by atoms with Gasteiger partial charge in [-0.2, -0.15) is 0 Å². The minimum absolute atomic E-state index is 0.171. The Bertz CT molecular complexity index is 417. The van der Waals surface area contributed by atoms with Crippen molar-refractivity contribution in [3.8, 4) is 0 Å². The lowest BCUT2D eigenvalue weighted by molar-refractivity contribution is 0.132. The van der Waals surface area contributed by atoms with Crippen LogP contribution in [-0.4, -0.2) is 35.6 Å². The van der Waals surface area contributed by atoms with Crippen LogP contribution in [0.4, 0.5) is 0 Å². The molecule has 1 saturated heterocycles. The van der Waals surface area contributed by atoms with E-state index < -0.39 is 0 Å². The van der Waals surface area contributed by atoms with Crippen molar-refractivity contribution >= 4 is 11.3 Å². The Morgan fingerprint density at radius 1 is 1.42 bits per heavy atom. The molecule has 0 aromatic carbocycles. The Balaban J connectivity index is 1.74. The van der Waals surface area contributed by atoms with Crippen LogP contribution in [0.3, 0.4) is 0 Å². The molecule has 3 rings (SSSR count). The molecule has 19 heavy (non-hydrogen) atoms. The van der Waals surface area contributed by atoms with E-state index in [1.807, 2.05) is 11.3 Å². The number of aryl methyl sites for hydroxylation is 1. The number of rotatable bonds is 5. The largest absolute Gasteiger partial charge is 0.303 e. The summed E-state index contributed by atoms with van der Waals surface area (Å²) in [6, 6.07) is 0.752. The highest BCUT2D eigenvalue weighted by Gasteiger charge is 2.41. The van der Waals surface area contributed by atoms with Crippen molar-refractivity contribution in [3.63, 3.8) is 0 Å². The lowest BCUT2D eigenvalue weighted by atomic mass is 9.87. The summed E-state index contributed by atoms with van der Waals surface area (Å²) in [5, 5.41) is 7.45. The van der Waals surface area contributed by atoms with E-state index in [9.17, 15) is 0 Å². The highest BCUT2D eigenvalue weighted by molar-refractivity contribution is 7.09. The normalized spacial score (nSPS) is 23.7. The van der Waals surface area contributed by atoms with Crippen LogP contribution in [0.2, 0.25) is 0 Å². The zero-order chi connectivity index (χ0) is 13.3. The Morgan fingerprint density at radius 2 is 2.16 bits per heavy atom. The van der Waals surface area contributed by atoms with E-state index in [0.29, 0.717) is 0 Å². The van der Waals surface area contributed by atoms with Gasteiger partial charge in [-0.1, -0.05) is 6.92 Å². The van der Waals surface area contributed by atoms with Gasteiger partial charge in [-0.3, -0.25) is 0 Å². The fourth-order valence-electron chi connectivity index (χ4n) is 3.09. The quantitative estimate of drug-likeness (QED) is 0.898. The molecule has 2 aliphatic rings. The minimum atomic E-state index is 0.171. The summed E-state index contributed by atoms with van der Waals surface area (Å²) in [5.41, 5.74) is 1.35. The zero-order valence-electron chi connectivity index (χ0n) is 12.1. The molecule has 0 radical (unpaired) electrons. The molecule has 1 aromatic heterocycles. The summed E-state index contributed by atoms with van der Waals surface area (Å²) in [4.78, 5) is 7.40. The van der Waals surface area contributed by atoms with Crippen LogP contribution in [0.25, 0.3) is 0 Å². The van der Waals surface area contributed by atoms with E-state index in [4.69, 9.17) is 4.98 Å². The number of likely N-dealkylation sites (tertiary alicyclic amines) is 1. The molecule has 1 aromatic rings. The zero-order valence-corrected chi connectivity index (χ0v) is 12.9. The molecule has 106 valence electrons. The second-order valence-corrected chi connectivity index (χ2v) is 6.99. The molecule has 3 nitrogen and oxygen atoms in total. The molecule has 4 heteroatoms. The van der Waals surface area contributed by atoms with Gasteiger partial charge in [0.05, 0.1) is 5.54 Å². The van der Waals surface area contributed by atoms with Gasteiger partial charge in [0, 0.05) is 30.2 Å². The molecule has 0 bridgehead atoms. The van der Waals surface area contributed by atoms with E-state index in [2.05, 4.69) is 29.4 Å². The first-order valence-electron chi connectivity index (χ1n) is 7.64. The number of thiazole rings is 1. The first-order chi connectivity index (χ1) is 9.22. The summed E-state index contributed by atoms with van der Waals surface area (Å²) in [6.07, 6.45) is 6.40. The standard InChI is InChI=1S/C15H25N3S/c1-3-8-18-9-6-15(7-10-18,17-13-4-5-13)14-16-12(2)11-19-14/h11,13,17H,3-10H2,1-2H3. The average Bonchev–Trinajstić information content (AvgIpc) is 3.11. The van der Waals surface area contributed by atoms with Crippen molar-refractivity contribution in [1.82, 2.24) is 15.2 Å². The molecule has 1 N–H and O–H groups in total. The number of nitrogens with zero attached hydrogens (tertiary/aromatic N) is 2. The van der Waals surface area contributed by atoms with Crippen LogP contribution in [-0.2, 0) is 5.54 Å². The van der Waals surface area contributed by atoms with E-state index in [0.717, 1.165) is 6.04 Å². The fraction of sp³-hybridized carbons (Fsp3) is 0.800. The maximum Gasteiger partial charge on any atom is 0.113 e. The van der Waals surface area contributed by atoms with Crippen molar-refractivity contribution < 1.29 is 0 Å². The second-order valence-electron chi connectivity index (χ2n) is 6.14. The third-order valence-corrected chi connectivity index (χ3v) is 5.50. The lowest BCUT2D eigenvalue weighted by Crippen LogP contribution is -2.52. The first-order valence-corrected chi connectivity index (χ1v) is 8.52. The van der Waals surface area contributed by atoms with Gasteiger partial charge in [0.25, 0.3) is 0 Å². The van der Waals surface area contributed by atoms with Crippen molar-refractivity contribution in [1.29, 1.82) is 0 Å². The topological polar surface area (TPSA) is 28.2 Å². The Hall–Kier alpha value is -0.450. The van der Waals surface area contributed by atoms with Crippen LogP contribution in [0.5, 0.6) is 0 Å². The Kier molecular flexibility index (Phi) is 3.92. The minimum Gasteiger partial charge on any atom is -0.303 e. The van der Waals surface area contributed by atoms with Crippen molar-refractivity contribution in [2.45, 2.75) is 57.5 Å². The van der Waals surface area contributed by atoms with E-state index in [1.165, 1.54) is 62.4 Å². The lowest BCUT2D eigenvalue weighted by Gasteiger charge is -2.41. The Labute approximate surface area is 120 Å². The van der Waals surface area contributed by atoms with Crippen molar-refractivity contribution in [2.24, 2.45) is 0 Å².